The van der Waals surface area contributed by atoms with Crippen molar-refractivity contribution < 1.29 is 19.2 Å². The average molecular weight is 400 g/mol. The van der Waals surface area contributed by atoms with Gasteiger partial charge in [-0.15, -0.1) is 0 Å². The maximum atomic E-state index is 12.4. The fourth-order valence-corrected chi connectivity index (χ4v) is 6.42. The summed E-state index contributed by atoms with van der Waals surface area (Å²) >= 11 is 0. The van der Waals surface area contributed by atoms with Crippen LogP contribution in [0.5, 0.6) is 0 Å². The number of nitro groups is 1. The number of esters is 1. The van der Waals surface area contributed by atoms with Crippen LogP contribution in [-0.4, -0.2) is 29.4 Å². The number of carbonyl (C=O) groups is 2. The highest BCUT2D eigenvalue weighted by atomic mass is 16.6. The van der Waals surface area contributed by atoms with Crippen molar-refractivity contribution in [3.63, 3.8) is 0 Å². The van der Waals surface area contributed by atoms with E-state index in [1.54, 1.807) is 19.1 Å². The molecule has 7 heteroatoms. The number of carbonyl (C=O) groups excluding carboxylic acids is 2. The number of nitrogens with zero attached hydrogens (tertiary/aromatic N) is 1. The van der Waals surface area contributed by atoms with Crippen LogP contribution in [0.2, 0.25) is 0 Å². The summed E-state index contributed by atoms with van der Waals surface area (Å²) in [5, 5.41) is 14.3. The van der Waals surface area contributed by atoms with Gasteiger partial charge in [-0.3, -0.25) is 14.9 Å². The van der Waals surface area contributed by atoms with E-state index in [0.717, 1.165) is 17.8 Å². The maximum absolute atomic E-state index is 12.4. The number of benzene rings is 1. The molecule has 1 N–H and O–H groups in total. The lowest BCUT2D eigenvalue weighted by Gasteiger charge is -2.59. The van der Waals surface area contributed by atoms with E-state index in [0.29, 0.717) is 5.56 Å². The van der Waals surface area contributed by atoms with Crippen LogP contribution in [0.3, 0.4) is 0 Å². The molecule has 7 nitrogen and oxygen atoms in total. The van der Waals surface area contributed by atoms with E-state index in [4.69, 9.17) is 4.74 Å². The molecule has 1 atom stereocenters. The minimum atomic E-state index is -0.849. The van der Waals surface area contributed by atoms with Gasteiger partial charge in [0.1, 0.15) is 5.56 Å². The number of nitro benzene ring substituents is 1. The number of amides is 1. The molecule has 0 aromatic heterocycles. The van der Waals surface area contributed by atoms with Crippen molar-refractivity contribution >= 4 is 17.6 Å². The van der Waals surface area contributed by atoms with Crippen molar-refractivity contribution in [2.45, 2.75) is 58.4 Å². The molecule has 0 spiro atoms. The highest BCUT2D eigenvalue weighted by Gasteiger charge is 2.53. The van der Waals surface area contributed by atoms with Crippen LogP contribution in [0.4, 0.5) is 5.69 Å². The van der Waals surface area contributed by atoms with Gasteiger partial charge in [-0.2, -0.15) is 0 Å². The molecule has 0 heterocycles. The summed E-state index contributed by atoms with van der Waals surface area (Å²) in [7, 11) is 0. The Hall–Kier alpha value is -2.44. The van der Waals surface area contributed by atoms with Gasteiger partial charge in [0.25, 0.3) is 11.6 Å². The van der Waals surface area contributed by atoms with E-state index in [-0.39, 0.29) is 28.6 Å². The summed E-state index contributed by atoms with van der Waals surface area (Å²) < 4.78 is 5.10. The molecule has 4 aliphatic carbocycles. The smallest absolute Gasteiger partial charge is 0.345 e. The van der Waals surface area contributed by atoms with E-state index in [9.17, 15) is 19.7 Å². The van der Waals surface area contributed by atoms with Crippen molar-refractivity contribution in [1.29, 1.82) is 0 Å². The molecule has 29 heavy (non-hydrogen) atoms. The predicted octanol–water partition coefficient (Wildman–Crippen LogP) is 3.78. The first kappa shape index (κ1) is 19.9. The second-order valence-corrected chi connectivity index (χ2v) is 9.37. The van der Waals surface area contributed by atoms with Gasteiger partial charge in [-0.05, 0) is 81.6 Å². The van der Waals surface area contributed by atoms with Gasteiger partial charge in [0.15, 0.2) is 6.61 Å². The number of para-hydroxylation sites is 1. The fourth-order valence-electron chi connectivity index (χ4n) is 6.42. The third kappa shape index (κ3) is 3.74. The van der Waals surface area contributed by atoms with E-state index in [1.165, 1.54) is 44.6 Å². The summed E-state index contributed by atoms with van der Waals surface area (Å²) in [5.41, 5.74) is 0.144. The lowest BCUT2D eigenvalue weighted by molar-refractivity contribution is -0.385. The highest BCUT2D eigenvalue weighted by Crippen LogP contribution is 2.61. The lowest BCUT2D eigenvalue weighted by atomic mass is 9.48. The first-order valence-corrected chi connectivity index (χ1v) is 10.5. The zero-order valence-corrected chi connectivity index (χ0v) is 17.0. The van der Waals surface area contributed by atoms with Gasteiger partial charge >= 0.3 is 5.97 Å². The van der Waals surface area contributed by atoms with Crippen LogP contribution in [0, 0.1) is 40.2 Å². The minimum absolute atomic E-state index is 0.0374. The lowest BCUT2D eigenvalue weighted by Crippen LogP contribution is -2.56. The molecule has 1 amide bonds. The van der Waals surface area contributed by atoms with Gasteiger partial charge in [-0.25, -0.2) is 4.79 Å². The summed E-state index contributed by atoms with van der Waals surface area (Å²) in [6.45, 7) is 3.20. The van der Waals surface area contributed by atoms with Crippen LogP contribution < -0.4 is 5.32 Å². The predicted molar refractivity (Wildman–Crippen MR) is 106 cm³/mol. The summed E-state index contributed by atoms with van der Waals surface area (Å²) in [5.74, 6) is 1.18. The molecule has 0 radical (unpaired) electrons. The van der Waals surface area contributed by atoms with Crippen LogP contribution in [0.1, 0.15) is 61.4 Å². The monoisotopic (exact) mass is 400 g/mol. The average Bonchev–Trinajstić information content (AvgIpc) is 2.64. The van der Waals surface area contributed by atoms with E-state index in [2.05, 4.69) is 12.2 Å². The molecule has 4 aliphatic rings. The Morgan fingerprint density at radius 1 is 1.21 bits per heavy atom. The summed E-state index contributed by atoms with van der Waals surface area (Å²) in [4.78, 5) is 35.4. The van der Waals surface area contributed by atoms with Gasteiger partial charge in [-0.1, -0.05) is 12.1 Å². The first-order chi connectivity index (χ1) is 13.8. The van der Waals surface area contributed by atoms with Crippen molar-refractivity contribution in [1.82, 2.24) is 5.32 Å². The van der Waals surface area contributed by atoms with Crippen LogP contribution in [0.25, 0.3) is 0 Å². The molecular formula is C22H28N2O5. The Morgan fingerprint density at radius 2 is 1.79 bits per heavy atom. The molecule has 1 aromatic carbocycles. The second-order valence-electron chi connectivity index (χ2n) is 9.37. The number of aryl methyl sites for hydroxylation is 1. The second kappa shape index (κ2) is 7.43. The van der Waals surface area contributed by atoms with Crippen molar-refractivity contribution in [3.8, 4) is 0 Å². The van der Waals surface area contributed by atoms with Gasteiger partial charge < -0.3 is 10.1 Å². The standard InChI is InChI=1S/C22H28N2O5/c1-13-4-3-5-18(20(13)24(27)28)21(26)29-12-19(25)23-14(2)22-9-15-6-16(10-22)8-17(7-15)11-22/h3-5,14-17H,6-12H2,1-2H3,(H,23,25)/t14-,15?,16?,17?,22?/m1/s1. The van der Waals surface area contributed by atoms with Crippen LogP contribution in [-0.2, 0) is 9.53 Å². The highest BCUT2D eigenvalue weighted by molar-refractivity contribution is 5.95. The minimum Gasteiger partial charge on any atom is -0.452 e. The Labute approximate surface area is 170 Å². The molecule has 4 fully saturated rings. The largest absolute Gasteiger partial charge is 0.452 e. The number of rotatable bonds is 6. The zero-order valence-electron chi connectivity index (χ0n) is 17.0. The van der Waals surface area contributed by atoms with Crippen molar-refractivity contribution in [2.24, 2.45) is 23.2 Å². The normalized spacial score (nSPS) is 30.6. The Balaban J connectivity index is 1.36. The number of nitrogens with one attached hydrogen (secondary N) is 1. The first-order valence-electron chi connectivity index (χ1n) is 10.5. The number of hydrogen-bond donors (Lipinski definition) is 1. The zero-order chi connectivity index (χ0) is 20.8. The van der Waals surface area contributed by atoms with Gasteiger partial charge in [0.2, 0.25) is 0 Å². The van der Waals surface area contributed by atoms with Crippen LogP contribution >= 0.6 is 0 Å². The third-order valence-electron chi connectivity index (χ3n) is 7.36. The fraction of sp³-hybridized carbons (Fsp3) is 0.636. The SMILES string of the molecule is Cc1cccc(C(=O)OCC(=O)N[C@H](C)C23CC4CC(CC(C4)C2)C3)c1[N+](=O)[O-]. The molecule has 156 valence electrons. The van der Waals surface area contributed by atoms with Gasteiger partial charge in [0, 0.05) is 11.6 Å². The quantitative estimate of drug-likeness (QED) is 0.445. The molecule has 0 aliphatic heterocycles. The molecule has 4 bridgehead atoms. The van der Waals surface area contributed by atoms with Crippen molar-refractivity contribution in [2.75, 3.05) is 6.61 Å². The third-order valence-corrected chi connectivity index (χ3v) is 7.36. The van der Waals surface area contributed by atoms with Gasteiger partial charge in [0.05, 0.1) is 4.92 Å². The van der Waals surface area contributed by atoms with E-state index >= 15 is 0 Å². The molecule has 5 rings (SSSR count). The van der Waals surface area contributed by atoms with Crippen LogP contribution in [0.15, 0.2) is 18.2 Å². The molecule has 0 unspecified atom stereocenters. The Bertz CT molecular complexity index is 814. The summed E-state index contributed by atoms with van der Waals surface area (Å²) in [6.07, 6.45) is 7.55. The Kier molecular flexibility index (Phi) is 5.09. The maximum Gasteiger partial charge on any atom is 0.345 e. The molecule has 1 aromatic rings. The molecule has 4 saturated carbocycles. The summed E-state index contributed by atoms with van der Waals surface area (Å²) in [6, 6.07) is 4.52. The van der Waals surface area contributed by atoms with E-state index < -0.39 is 17.5 Å². The Morgan fingerprint density at radius 3 is 2.34 bits per heavy atom. The van der Waals surface area contributed by atoms with Crippen molar-refractivity contribution in [3.05, 3.63) is 39.4 Å². The number of ether oxygens (including phenoxy) is 1. The van der Waals surface area contributed by atoms with E-state index in [1.807, 2.05) is 0 Å². The molecule has 0 saturated heterocycles. The molecular weight excluding hydrogens is 372 g/mol. The topological polar surface area (TPSA) is 98.5 Å². The number of hydrogen-bond acceptors (Lipinski definition) is 5.